The van der Waals surface area contributed by atoms with Crippen LogP contribution in [0.25, 0.3) is 0 Å². The van der Waals surface area contributed by atoms with E-state index in [2.05, 4.69) is 31.3 Å². The third-order valence-corrected chi connectivity index (χ3v) is 3.65. The van der Waals surface area contributed by atoms with Gasteiger partial charge in [-0.2, -0.15) is 0 Å². The molecular weight excluding hydrogens is 222 g/mol. The molecular formula is C13H18ClNO. The summed E-state index contributed by atoms with van der Waals surface area (Å²) >= 11 is 0. The molecule has 3 heteroatoms. The van der Waals surface area contributed by atoms with Crippen LogP contribution in [0, 0.1) is 13.8 Å². The molecule has 0 bridgehead atoms. The van der Waals surface area contributed by atoms with Crippen LogP contribution in [-0.2, 0) is 11.3 Å². The van der Waals surface area contributed by atoms with Gasteiger partial charge in [-0.1, -0.05) is 17.7 Å². The quantitative estimate of drug-likeness (QED) is 0.750. The van der Waals surface area contributed by atoms with E-state index >= 15 is 0 Å². The van der Waals surface area contributed by atoms with Crippen molar-refractivity contribution in [2.45, 2.75) is 32.5 Å². The van der Waals surface area contributed by atoms with Crippen LogP contribution < -0.4 is 5.32 Å². The smallest absolute Gasteiger partial charge is 0.0784 e. The molecule has 1 aromatic carbocycles. The molecule has 2 atom stereocenters. The second-order valence-corrected chi connectivity index (χ2v) is 4.76. The van der Waals surface area contributed by atoms with E-state index in [1.165, 1.54) is 22.3 Å². The van der Waals surface area contributed by atoms with E-state index < -0.39 is 0 Å². The molecule has 1 aromatic rings. The Morgan fingerprint density at radius 1 is 1.25 bits per heavy atom. The zero-order valence-corrected chi connectivity index (χ0v) is 10.6. The van der Waals surface area contributed by atoms with Gasteiger partial charge in [-0.05, 0) is 30.5 Å². The maximum Gasteiger partial charge on any atom is 0.0784 e. The van der Waals surface area contributed by atoms with Crippen molar-refractivity contribution in [2.75, 3.05) is 13.1 Å². The summed E-state index contributed by atoms with van der Waals surface area (Å²) in [4.78, 5) is 0. The van der Waals surface area contributed by atoms with E-state index in [0.717, 1.165) is 19.7 Å². The number of ether oxygens (including phenoxy) is 1. The molecule has 16 heavy (non-hydrogen) atoms. The van der Waals surface area contributed by atoms with Crippen molar-refractivity contribution >= 4 is 12.4 Å². The zero-order valence-electron chi connectivity index (χ0n) is 9.75. The van der Waals surface area contributed by atoms with Crippen LogP contribution in [0.3, 0.4) is 0 Å². The number of halogens is 1. The first-order valence-electron chi connectivity index (χ1n) is 5.68. The molecule has 0 spiro atoms. The van der Waals surface area contributed by atoms with E-state index in [4.69, 9.17) is 4.74 Å². The van der Waals surface area contributed by atoms with Gasteiger partial charge < -0.3 is 10.1 Å². The molecule has 1 fully saturated rings. The van der Waals surface area contributed by atoms with Crippen LogP contribution in [0.2, 0.25) is 0 Å². The monoisotopic (exact) mass is 239 g/mol. The third kappa shape index (κ3) is 1.75. The van der Waals surface area contributed by atoms with Crippen molar-refractivity contribution in [3.63, 3.8) is 0 Å². The number of nitrogens with one attached hydrogen (secondary N) is 1. The predicted molar refractivity (Wildman–Crippen MR) is 67.4 cm³/mol. The summed E-state index contributed by atoms with van der Waals surface area (Å²) in [5.41, 5.74) is 5.70. The van der Waals surface area contributed by atoms with Gasteiger partial charge in [-0.3, -0.25) is 0 Å². The minimum absolute atomic E-state index is 0. The molecule has 0 radical (unpaired) electrons. The number of fused-ring (bicyclic) bond motifs is 3. The Morgan fingerprint density at radius 3 is 2.88 bits per heavy atom. The molecule has 88 valence electrons. The summed E-state index contributed by atoms with van der Waals surface area (Å²) < 4.78 is 5.89. The topological polar surface area (TPSA) is 21.3 Å². The van der Waals surface area contributed by atoms with E-state index in [1.54, 1.807) is 0 Å². The first-order chi connectivity index (χ1) is 7.25. The van der Waals surface area contributed by atoms with Crippen LogP contribution >= 0.6 is 12.4 Å². The fourth-order valence-electron chi connectivity index (χ4n) is 2.89. The lowest BCUT2D eigenvalue weighted by atomic mass is 9.86. The number of hydrogen-bond donors (Lipinski definition) is 1. The number of benzene rings is 1. The SMILES string of the molecule is Cc1cc(C)c2c(c1)[C@@H]1CNC[C@@H]1OC2.Cl. The molecule has 0 saturated carbocycles. The summed E-state index contributed by atoms with van der Waals surface area (Å²) in [5, 5.41) is 3.42. The molecule has 2 heterocycles. The maximum atomic E-state index is 5.89. The van der Waals surface area contributed by atoms with Gasteiger partial charge in [-0.25, -0.2) is 0 Å². The van der Waals surface area contributed by atoms with Crippen LogP contribution in [0.5, 0.6) is 0 Å². The van der Waals surface area contributed by atoms with Gasteiger partial charge in [0.05, 0.1) is 12.7 Å². The zero-order chi connectivity index (χ0) is 10.4. The Morgan fingerprint density at radius 2 is 2.06 bits per heavy atom. The molecule has 0 unspecified atom stereocenters. The fourth-order valence-corrected chi connectivity index (χ4v) is 2.89. The predicted octanol–water partition coefficient (Wildman–Crippen LogP) is 2.31. The average molecular weight is 240 g/mol. The molecule has 0 aromatic heterocycles. The van der Waals surface area contributed by atoms with Gasteiger partial charge >= 0.3 is 0 Å². The lowest BCUT2D eigenvalue weighted by Crippen LogP contribution is -2.27. The third-order valence-electron chi connectivity index (χ3n) is 3.65. The number of rotatable bonds is 0. The van der Waals surface area contributed by atoms with Gasteiger partial charge in [0.25, 0.3) is 0 Å². The molecule has 2 aliphatic heterocycles. The summed E-state index contributed by atoms with van der Waals surface area (Å²) in [6, 6.07) is 4.60. The minimum atomic E-state index is 0. The molecule has 1 saturated heterocycles. The molecule has 0 aliphatic carbocycles. The Bertz CT molecular complexity index is 405. The highest BCUT2D eigenvalue weighted by Gasteiger charge is 2.34. The van der Waals surface area contributed by atoms with Crippen molar-refractivity contribution < 1.29 is 4.74 Å². The van der Waals surface area contributed by atoms with E-state index in [9.17, 15) is 0 Å². The summed E-state index contributed by atoms with van der Waals surface area (Å²) in [6.07, 6.45) is 0.402. The molecule has 2 nitrogen and oxygen atoms in total. The highest BCUT2D eigenvalue weighted by atomic mass is 35.5. The molecule has 0 amide bonds. The van der Waals surface area contributed by atoms with Crippen molar-refractivity contribution in [3.05, 3.63) is 34.4 Å². The van der Waals surface area contributed by atoms with Crippen molar-refractivity contribution in [1.82, 2.24) is 5.32 Å². The Hall–Kier alpha value is -0.570. The largest absolute Gasteiger partial charge is 0.372 e. The normalized spacial score (nSPS) is 26.9. The van der Waals surface area contributed by atoms with Gasteiger partial charge in [0.2, 0.25) is 0 Å². The Kier molecular flexibility index (Phi) is 3.24. The maximum absolute atomic E-state index is 5.89. The van der Waals surface area contributed by atoms with Crippen LogP contribution in [0.4, 0.5) is 0 Å². The standard InChI is InChI=1S/C13H17NO.ClH/c1-8-3-9(2)12-7-15-13-6-14-5-11(13)10(12)4-8;/h3-4,11,13-14H,5-7H2,1-2H3;1H/t11-,13-;/m0./s1. The van der Waals surface area contributed by atoms with Crippen molar-refractivity contribution in [2.24, 2.45) is 0 Å². The lowest BCUT2D eigenvalue weighted by Gasteiger charge is -2.29. The highest BCUT2D eigenvalue weighted by Crippen LogP contribution is 2.35. The van der Waals surface area contributed by atoms with Crippen LogP contribution in [0.1, 0.15) is 28.2 Å². The lowest BCUT2D eigenvalue weighted by molar-refractivity contribution is 0.0295. The Balaban J connectivity index is 0.000000963. The average Bonchev–Trinajstić information content (AvgIpc) is 2.65. The van der Waals surface area contributed by atoms with Gasteiger partial charge in [-0.15, -0.1) is 12.4 Å². The number of aryl methyl sites for hydroxylation is 2. The summed E-state index contributed by atoms with van der Waals surface area (Å²) in [7, 11) is 0. The molecule has 2 aliphatic rings. The molecule has 1 N–H and O–H groups in total. The summed E-state index contributed by atoms with van der Waals surface area (Å²) in [5.74, 6) is 0.576. The summed E-state index contributed by atoms with van der Waals surface area (Å²) in [6.45, 7) is 7.25. The first-order valence-corrected chi connectivity index (χ1v) is 5.68. The second-order valence-electron chi connectivity index (χ2n) is 4.76. The second kappa shape index (κ2) is 4.36. The van der Waals surface area contributed by atoms with E-state index in [-0.39, 0.29) is 12.4 Å². The van der Waals surface area contributed by atoms with Crippen molar-refractivity contribution in [1.29, 1.82) is 0 Å². The minimum Gasteiger partial charge on any atom is -0.372 e. The first kappa shape index (κ1) is 11.9. The molecule has 3 rings (SSSR count). The van der Waals surface area contributed by atoms with Crippen LogP contribution in [-0.4, -0.2) is 19.2 Å². The fraction of sp³-hybridized carbons (Fsp3) is 0.538. The van der Waals surface area contributed by atoms with Gasteiger partial charge in [0.1, 0.15) is 0 Å². The van der Waals surface area contributed by atoms with Crippen molar-refractivity contribution in [3.8, 4) is 0 Å². The van der Waals surface area contributed by atoms with E-state index in [1.807, 2.05) is 0 Å². The highest BCUT2D eigenvalue weighted by molar-refractivity contribution is 5.85. The van der Waals surface area contributed by atoms with Gasteiger partial charge in [0, 0.05) is 19.0 Å². The van der Waals surface area contributed by atoms with E-state index in [0.29, 0.717) is 12.0 Å². The Labute approximate surface area is 103 Å². The van der Waals surface area contributed by atoms with Gasteiger partial charge in [0.15, 0.2) is 0 Å². The number of hydrogen-bond acceptors (Lipinski definition) is 2. The van der Waals surface area contributed by atoms with Crippen LogP contribution in [0.15, 0.2) is 12.1 Å².